The van der Waals surface area contributed by atoms with E-state index in [9.17, 15) is 4.57 Å². The lowest BCUT2D eigenvalue weighted by Crippen LogP contribution is -2.37. The van der Waals surface area contributed by atoms with Crippen molar-refractivity contribution in [3.05, 3.63) is 0 Å². The van der Waals surface area contributed by atoms with Crippen LogP contribution >= 0.6 is 19.9 Å². The molecule has 0 fully saturated rings. The first kappa shape index (κ1) is 13.4. The van der Waals surface area contributed by atoms with Crippen molar-refractivity contribution in [1.82, 2.24) is 0 Å². The Bertz CT molecular complexity index is 194. The minimum absolute atomic E-state index is 0.206. The first-order valence-corrected chi connectivity index (χ1v) is 6.41. The van der Waals surface area contributed by atoms with Gasteiger partial charge in [-0.1, -0.05) is 0 Å². The Morgan fingerprint density at radius 2 is 2.00 bits per heavy atom. The van der Waals surface area contributed by atoms with Crippen molar-refractivity contribution in [2.24, 2.45) is 0 Å². The molecule has 80 valence electrons. The summed E-state index contributed by atoms with van der Waals surface area (Å²) in [6.45, 7) is 0.861. The first-order chi connectivity index (χ1) is 5.77. The second-order valence-corrected chi connectivity index (χ2v) is 5.68. The average Bonchev–Trinajstić information content (AvgIpc) is 1.82. The zero-order valence-corrected chi connectivity index (χ0v) is 10.1. The molecule has 5 nitrogen and oxygen atoms in total. The number of rotatable bonds is 6. The van der Waals surface area contributed by atoms with E-state index in [2.05, 4.69) is 3.97 Å². The molecule has 0 spiro atoms. The Hall–Kier alpha value is 0.420. The van der Waals surface area contributed by atoms with Gasteiger partial charge in [0.1, 0.15) is 13.2 Å². The molecule has 0 saturated heterocycles. The summed E-state index contributed by atoms with van der Waals surface area (Å²) in [5, 5.41) is 0. The minimum Gasteiger partial charge on any atom is -0.329 e. The second-order valence-electron chi connectivity index (χ2n) is 3.56. The molecule has 0 aromatic carbocycles. The Labute approximate surface area is 83.4 Å². The van der Waals surface area contributed by atoms with Gasteiger partial charge in [-0.3, -0.25) is 4.52 Å². The number of likely N-dealkylation sites (N-methyl/N-ethyl adjacent to an activating group) is 1. The molecular formula is C6H17NO4PS+. The Kier molecular flexibility index (Phi) is 5.51. The van der Waals surface area contributed by atoms with Crippen molar-refractivity contribution in [3.63, 3.8) is 0 Å². The smallest absolute Gasteiger partial charge is 0.329 e. The molecule has 0 amide bonds. The van der Waals surface area contributed by atoms with Crippen LogP contribution in [0.2, 0.25) is 0 Å². The normalized spacial score (nSPS) is 17.0. The lowest BCUT2D eigenvalue weighted by Gasteiger charge is -2.23. The summed E-state index contributed by atoms with van der Waals surface area (Å²) in [5.41, 5.74) is 0. The summed E-state index contributed by atoms with van der Waals surface area (Å²) < 4.78 is 20.8. The number of nitrogens with zero attached hydrogens (tertiary/aromatic N) is 1. The lowest BCUT2D eigenvalue weighted by atomic mass is 10.5. The highest BCUT2D eigenvalue weighted by Gasteiger charge is 2.22. The fourth-order valence-corrected chi connectivity index (χ4v) is 1.78. The van der Waals surface area contributed by atoms with Gasteiger partial charge in [-0.2, -0.15) is 0 Å². The van der Waals surface area contributed by atoms with Crippen LogP contribution in [0.15, 0.2) is 0 Å². The fraction of sp³-hybridized carbons (Fsp3) is 1.00. The van der Waals surface area contributed by atoms with Gasteiger partial charge in [0.05, 0.1) is 21.1 Å². The van der Waals surface area contributed by atoms with E-state index >= 15 is 0 Å². The van der Waals surface area contributed by atoms with Crippen LogP contribution in [0.3, 0.4) is 0 Å². The molecule has 13 heavy (non-hydrogen) atoms. The van der Waals surface area contributed by atoms with Gasteiger partial charge in [0.15, 0.2) is 0 Å². The predicted molar refractivity (Wildman–Crippen MR) is 53.3 cm³/mol. The third-order valence-electron chi connectivity index (χ3n) is 1.19. The van der Waals surface area contributed by atoms with Crippen LogP contribution in [0, 0.1) is 0 Å². The van der Waals surface area contributed by atoms with E-state index in [0.29, 0.717) is 11.0 Å². The first-order valence-electron chi connectivity index (χ1n) is 3.77. The van der Waals surface area contributed by atoms with E-state index < -0.39 is 7.82 Å². The van der Waals surface area contributed by atoms with E-state index in [1.165, 1.54) is 0 Å². The maximum Gasteiger partial charge on any atom is 0.483 e. The van der Waals surface area contributed by atoms with Crippen LogP contribution in [0.1, 0.15) is 0 Å². The molecule has 0 aliphatic rings. The van der Waals surface area contributed by atoms with Crippen LogP contribution in [-0.4, -0.2) is 49.9 Å². The highest BCUT2D eigenvalue weighted by Crippen LogP contribution is 2.46. The molecule has 0 aromatic heterocycles. The van der Waals surface area contributed by atoms with E-state index in [0.717, 1.165) is 12.0 Å². The summed E-state index contributed by atoms with van der Waals surface area (Å²) in [6, 6.07) is 0. The summed E-state index contributed by atoms with van der Waals surface area (Å²) in [7, 11) is 2.09. The third-order valence-corrected chi connectivity index (χ3v) is 3.04. The summed E-state index contributed by atoms with van der Waals surface area (Å²) in [6.07, 6.45) is 1.56. The minimum atomic E-state index is -3.83. The molecule has 0 aliphatic carbocycles. The highest BCUT2D eigenvalue weighted by molar-refractivity contribution is 7.97. The van der Waals surface area contributed by atoms with Crippen molar-refractivity contribution >= 4 is 19.9 Å². The van der Waals surface area contributed by atoms with Crippen molar-refractivity contribution in [2.75, 3.05) is 40.6 Å². The van der Waals surface area contributed by atoms with Gasteiger partial charge in [-0.25, -0.2) is 8.54 Å². The number of phosphoric ester groups is 1. The van der Waals surface area contributed by atoms with Crippen LogP contribution in [0.25, 0.3) is 0 Å². The SMILES string of the molecule is CSOP(=O)(O)OCC[N+](C)(C)C. The molecule has 0 bridgehead atoms. The number of phosphoric acid groups is 1. The molecule has 1 atom stereocenters. The number of hydrogen-bond acceptors (Lipinski definition) is 4. The van der Waals surface area contributed by atoms with Crippen LogP contribution in [-0.2, 0) is 13.1 Å². The number of quaternary nitrogens is 1. The second kappa shape index (κ2) is 5.34. The largest absolute Gasteiger partial charge is 0.483 e. The van der Waals surface area contributed by atoms with Crippen molar-refractivity contribution in [2.45, 2.75) is 0 Å². The van der Waals surface area contributed by atoms with E-state index in [4.69, 9.17) is 9.42 Å². The predicted octanol–water partition coefficient (Wildman–Crippen LogP) is 1.10. The molecule has 1 N–H and O–H groups in total. The number of hydrogen-bond donors (Lipinski definition) is 1. The topological polar surface area (TPSA) is 55.8 Å². The summed E-state index contributed by atoms with van der Waals surface area (Å²) in [4.78, 5) is 8.99. The summed E-state index contributed by atoms with van der Waals surface area (Å²) in [5.74, 6) is 0. The zero-order valence-electron chi connectivity index (χ0n) is 8.39. The quantitative estimate of drug-likeness (QED) is 0.421. The molecule has 0 rings (SSSR count). The molecule has 1 unspecified atom stereocenters. The maximum absolute atomic E-state index is 11.0. The molecule has 7 heteroatoms. The van der Waals surface area contributed by atoms with Gasteiger partial charge in [0, 0.05) is 18.3 Å². The van der Waals surface area contributed by atoms with Gasteiger partial charge in [-0.05, 0) is 0 Å². The zero-order chi connectivity index (χ0) is 10.5. The Morgan fingerprint density at radius 3 is 2.38 bits per heavy atom. The van der Waals surface area contributed by atoms with Crippen LogP contribution < -0.4 is 0 Å². The third kappa shape index (κ3) is 8.74. The molecule has 0 aromatic rings. The van der Waals surface area contributed by atoms with E-state index in [1.807, 2.05) is 21.1 Å². The van der Waals surface area contributed by atoms with Gasteiger partial charge in [-0.15, -0.1) is 0 Å². The Morgan fingerprint density at radius 1 is 1.46 bits per heavy atom. The van der Waals surface area contributed by atoms with Crippen LogP contribution in [0.4, 0.5) is 0 Å². The van der Waals surface area contributed by atoms with Gasteiger partial charge >= 0.3 is 7.82 Å². The van der Waals surface area contributed by atoms with Crippen LogP contribution in [0.5, 0.6) is 0 Å². The molecule has 0 aliphatic heterocycles. The summed E-state index contributed by atoms with van der Waals surface area (Å²) >= 11 is 0.823. The maximum atomic E-state index is 11.0. The van der Waals surface area contributed by atoms with Gasteiger partial charge < -0.3 is 9.38 Å². The standard InChI is InChI=1S/C6H16NO4PS/c1-7(2,3)5-6-10-12(8,9)11-13-4/h5-6H2,1-4H3/p+1. The van der Waals surface area contributed by atoms with Crippen molar-refractivity contribution in [1.29, 1.82) is 0 Å². The Balaban J connectivity index is 3.70. The monoisotopic (exact) mass is 230 g/mol. The van der Waals surface area contributed by atoms with Gasteiger partial charge in [0.2, 0.25) is 0 Å². The molecular weight excluding hydrogens is 213 g/mol. The van der Waals surface area contributed by atoms with Gasteiger partial charge in [0.25, 0.3) is 0 Å². The highest BCUT2D eigenvalue weighted by atomic mass is 32.2. The molecule has 0 saturated carbocycles. The average molecular weight is 230 g/mol. The molecule has 0 radical (unpaired) electrons. The lowest BCUT2D eigenvalue weighted by molar-refractivity contribution is -0.870. The van der Waals surface area contributed by atoms with E-state index in [-0.39, 0.29) is 6.61 Å². The fourth-order valence-electron chi connectivity index (χ4n) is 0.546. The van der Waals surface area contributed by atoms with E-state index in [1.54, 1.807) is 6.26 Å². The van der Waals surface area contributed by atoms with Crippen molar-refractivity contribution < 1.29 is 22.4 Å². The van der Waals surface area contributed by atoms with Crippen molar-refractivity contribution in [3.8, 4) is 0 Å². The molecule has 0 heterocycles.